The minimum atomic E-state index is 0.126. The first-order valence-electron chi connectivity index (χ1n) is 6.92. The number of carbonyl (C=O) groups excluding carboxylic acids is 1. The highest BCUT2D eigenvalue weighted by Crippen LogP contribution is 2.47. The molecule has 1 atom stereocenters. The molecule has 2 fully saturated rings. The number of amides is 1. The average Bonchev–Trinajstić information content (AvgIpc) is 2.41. The first-order chi connectivity index (χ1) is 9.20. The smallest absolute Gasteiger partial charge is 0.220 e. The number of benzene rings is 1. The Labute approximate surface area is 118 Å². The maximum atomic E-state index is 11.8. The van der Waals surface area contributed by atoms with Gasteiger partial charge in [-0.2, -0.15) is 0 Å². The van der Waals surface area contributed by atoms with E-state index >= 15 is 0 Å². The molecule has 1 spiro atoms. The molecule has 4 heteroatoms. The number of hydrogen-bond acceptors (Lipinski definition) is 2. The lowest BCUT2D eigenvalue weighted by Gasteiger charge is -2.46. The van der Waals surface area contributed by atoms with E-state index in [1.54, 1.807) is 0 Å². The summed E-state index contributed by atoms with van der Waals surface area (Å²) >= 11 is 5.97. The Bertz CT molecular complexity index is 466. The first-order valence-corrected chi connectivity index (χ1v) is 7.30. The average molecular weight is 279 g/mol. The zero-order chi connectivity index (χ0) is 13.3. The summed E-state index contributed by atoms with van der Waals surface area (Å²) in [6.07, 6.45) is 2.81. The molecule has 0 aromatic heterocycles. The van der Waals surface area contributed by atoms with Gasteiger partial charge in [-0.1, -0.05) is 23.7 Å². The standard InChI is InChI=1S/C15H19ClN2O/c16-12-3-1-11(2-4-12)13-10-18-14(19)9-15(13)5-7-17-8-6-15/h1-4,13,17H,5-10H2,(H,18,19). The van der Waals surface area contributed by atoms with Crippen molar-refractivity contribution in [3.63, 3.8) is 0 Å². The lowest BCUT2D eigenvalue weighted by Crippen LogP contribution is -2.51. The zero-order valence-electron chi connectivity index (χ0n) is 10.9. The van der Waals surface area contributed by atoms with Crippen molar-refractivity contribution in [2.75, 3.05) is 19.6 Å². The minimum Gasteiger partial charge on any atom is -0.355 e. The topological polar surface area (TPSA) is 41.1 Å². The van der Waals surface area contributed by atoms with Gasteiger partial charge in [-0.15, -0.1) is 0 Å². The van der Waals surface area contributed by atoms with Crippen molar-refractivity contribution in [1.82, 2.24) is 10.6 Å². The van der Waals surface area contributed by atoms with E-state index in [0.717, 1.165) is 37.5 Å². The molecule has 0 bridgehead atoms. The molecule has 1 amide bonds. The van der Waals surface area contributed by atoms with Gasteiger partial charge >= 0.3 is 0 Å². The molecule has 2 saturated heterocycles. The van der Waals surface area contributed by atoms with Crippen LogP contribution in [-0.4, -0.2) is 25.5 Å². The number of halogens is 1. The van der Waals surface area contributed by atoms with E-state index < -0.39 is 0 Å². The van der Waals surface area contributed by atoms with Crippen LogP contribution in [0.25, 0.3) is 0 Å². The van der Waals surface area contributed by atoms with Crippen LogP contribution in [0.4, 0.5) is 0 Å². The van der Waals surface area contributed by atoms with Gasteiger partial charge in [-0.25, -0.2) is 0 Å². The second-order valence-corrected chi connectivity index (χ2v) is 6.13. The molecule has 2 N–H and O–H groups in total. The Balaban J connectivity index is 1.92. The lowest BCUT2D eigenvalue weighted by atomic mass is 9.63. The molecule has 0 aliphatic carbocycles. The molecule has 102 valence electrons. The first kappa shape index (κ1) is 12.9. The van der Waals surface area contributed by atoms with Crippen molar-refractivity contribution in [2.45, 2.75) is 25.2 Å². The van der Waals surface area contributed by atoms with E-state index in [9.17, 15) is 4.79 Å². The van der Waals surface area contributed by atoms with Crippen molar-refractivity contribution in [3.8, 4) is 0 Å². The fraction of sp³-hybridized carbons (Fsp3) is 0.533. The maximum absolute atomic E-state index is 11.8. The number of piperidine rings is 2. The fourth-order valence-electron chi connectivity index (χ4n) is 3.55. The second kappa shape index (κ2) is 5.14. The minimum absolute atomic E-state index is 0.126. The summed E-state index contributed by atoms with van der Waals surface area (Å²) in [5, 5.41) is 7.19. The van der Waals surface area contributed by atoms with Crippen molar-refractivity contribution < 1.29 is 4.79 Å². The van der Waals surface area contributed by atoms with Crippen LogP contribution >= 0.6 is 11.6 Å². The highest BCUT2D eigenvalue weighted by Gasteiger charge is 2.44. The predicted molar refractivity (Wildman–Crippen MR) is 76.4 cm³/mol. The van der Waals surface area contributed by atoms with Crippen LogP contribution in [-0.2, 0) is 4.79 Å². The van der Waals surface area contributed by atoms with Gasteiger partial charge in [0, 0.05) is 23.9 Å². The van der Waals surface area contributed by atoms with Crippen LogP contribution in [0.3, 0.4) is 0 Å². The maximum Gasteiger partial charge on any atom is 0.220 e. The van der Waals surface area contributed by atoms with Crippen molar-refractivity contribution in [1.29, 1.82) is 0 Å². The monoisotopic (exact) mass is 278 g/mol. The molecule has 1 aromatic carbocycles. The van der Waals surface area contributed by atoms with Gasteiger partial charge < -0.3 is 10.6 Å². The molecule has 2 heterocycles. The van der Waals surface area contributed by atoms with Gasteiger partial charge in [-0.3, -0.25) is 4.79 Å². The molecule has 3 nitrogen and oxygen atoms in total. The summed E-state index contributed by atoms with van der Waals surface area (Å²) in [7, 11) is 0. The van der Waals surface area contributed by atoms with Gasteiger partial charge in [0.05, 0.1) is 0 Å². The van der Waals surface area contributed by atoms with Crippen LogP contribution < -0.4 is 10.6 Å². The van der Waals surface area contributed by atoms with Crippen molar-refractivity contribution in [3.05, 3.63) is 34.9 Å². The SMILES string of the molecule is O=C1CC2(CCNCC2)C(c2ccc(Cl)cc2)CN1. The summed E-state index contributed by atoms with van der Waals surface area (Å²) in [4.78, 5) is 11.8. The zero-order valence-corrected chi connectivity index (χ0v) is 11.7. The molecule has 0 saturated carbocycles. The quantitative estimate of drug-likeness (QED) is 0.828. The van der Waals surface area contributed by atoms with Crippen molar-refractivity contribution in [2.24, 2.45) is 5.41 Å². The van der Waals surface area contributed by atoms with Crippen LogP contribution in [0.1, 0.15) is 30.7 Å². The summed E-state index contributed by atoms with van der Waals surface area (Å²) < 4.78 is 0. The van der Waals surface area contributed by atoms with Crippen LogP contribution in [0, 0.1) is 5.41 Å². The predicted octanol–water partition coefficient (Wildman–Crippen LogP) is 2.31. The van der Waals surface area contributed by atoms with Gasteiger partial charge in [0.15, 0.2) is 0 Å². The second-order valence-electron chi connectivity index (χ2n) is 5.70. The number of carbonyl (C=O) groups is 1. The fourth-order valence-corrected chi connectivity index (χ4v) is 3.68. The van der Waals surface area contributed by atoms with Gasteiger partial charge in [0.25, 0.3) is 0 Å². The molecular weight excluding hydrogens is 260 g/mol. The summed E-state index contributed by atoms with van der Waals surface area (Å²) in [5.74, 6) is 0.608. The van der Waals surface area contributed by atoms with Crippen LogP contribution in [0.5, 0.6) is 0 Å². The Morgan fingerprint density at radius 2 is 1.84 bits per heavy atom. The Morgan fingerprint density at radius 3 is 2.53 bits per heavy atom. The van der Waals surface area contributed by atoms with E-state index in [0.29, 0.717) is 12.3 Å². The molecule has 1 aromatic rings. The number of nitrogens with one attached hydrogen (secondary N) is 2. The van der Waals surface area contributed by atoms with Gasteiger partial charge in [0.2, 0.25) is 5.91 Å². The summed E-state index contributed by atoms with van der Waals surface area (Å²) in [6.45, 7) is 2.77. The molecule has 3 rings (SSSR count). The number of hydrogen-bond donors (Lipinski definition) is 2. The van der Waals surface area contributed by atoms with Crippen LogP contribution in [0.15, 0.2) is 24.3 Å². The summed E-state index contributed by atoms with van der Waals surface area (Å²) in [6, 6.07) is 8.10. The molecule has 19 heavy (non-hydrogen) atoms. The number of rotatable bonds is 1. The molecule has 2 aliphatic heterocycles. The normalized spacial score (nSPS) is 26.2. The van der Waals surface area contributed by atoms with Gasteiger partial charge in [0.1, 0.15) is 0 Å². The van der Waals surface area contributed by atoms with E-state index in [2.05, 4.69) is 22.8 Å². The molecular formula is C15H19ClN2O. The lowest BCUT2D eigenvalue weighted by molar-refractivity contribution is -0.127. The van der Waals surface area contributed by atoms with E-state index in [1.807, 2.05) is 12.1 Å². The summed E-state index contributed by atoms with van der Waals surface area (Å²) in [5.41, 5.74) is 1.42. The highest BCUT2D eigenvalue weighted by atomic mass is 35.5. The van der Waals surface area contributed by atoms with E-state index in [-0.39, 0.29) is 11.3 Å². The Hall–Kier alpha value is -1.06. The third-order valence-electron chi connectivity index (χ3n) is 4.63. The third-order valence-corrected chi connectivity index (χ3v) is 4.88. The Kier molecular flexibility index (Phi) is 3.50. The van der Waals surface area contributed by atoms with Gasteiger partial charge in [-0.05, 0) is 49.0 Å². The largest absolute Gasteiger partial charge is 0.355 e. The molecule has 1 unspecified atom stereocenters. The Morgan fingerprint density at radius 1 is 1.16 bits per heavy atom. The highest BCUT2D eigenvalue weighted by molar-refractivity contribution is 6.30. The van der Waals surface area contributed by atoms with E-state index in [1.165, 1.54) is 5.56 Å². The molecule has 2 aliphatic rings. The van der Waals surface area contributed by atoms with Crippen LogP contribution in [0.2, 0.25) is 5.02 Å². The van der Waals surface area contributed by atoms with Crippen molar-refractivity contribution >= 4 is 17.5 Å². The third kappa shape index (κ3) is 2.49. The molecule has 0 radical (unpaired) electrons. The van der Waals surface area contributed by atoms with E-state index in [4.69, 9.17) is 11.6 Å².